The fraction of sp³-hybridized carbons (Fsp3) is 0.304. The Balaban J connectivity index is 1.58. The van der Waals surface area contributed by atoms with Gasteiger partial charge in [0.05, 0.1) is 5.52 Å². The van der Waals surface area contributed by atoms with E-state index in [0.717, 1.165) is 27.9 Å². The number of benzene rings is 2. The summed E-state index contributed by atoms with van der Waals surface area (Å²) < 4.78 is 0. The fourth-order valence-electron chi connectivity index (χ4n) is 4.07. The van der Waals surface area contributed by atoms with Gasteiger partial charge in [0.1, 0.15) is 4.99 Å². The molecule has 1 saturated carbocycles. The van der Waals surface area contributed by atoms with Gasteiger partial charge in [-0.05, 0) is 37.0 Å². The molecular weight excluding hydrogens is 336 g/mol. The minimum Gasteiger partial charge on any atom is -0.370 e. The third-order valence-electron chi connectivity index (χ3n) is 5.43. The van der Waals surface area contributed by atoms with Crippen molar-refractivity contribution >= 4 is 28.1 Å². The molecule has 0 unspecified atom stereocenters. The molecule has 0 aliphatic heterocycles. The minimum absolute atomic E-state index is 0.0579. The van der Waals surface area contributed by atoms with E-state index < -0.39 is 0 Å². The Morgan fingerprint density at radius 2 is 1.69 bits per heavy atom. The van der Waals surface area contributed by atoms with Crippen molar-refractivity contribution in [3.8, 4) is 0 Å². The van der Waals surface area contributed by atoms with Crippen molar-refractivity contribution in [2.45, 2.75) is 44.1 Å². The van der Waals surface area contributed by atoms with Gasteiger partial charge in [0.2, 0.25) is 0 Å². The smallest absolute Gasteiger partial charge is 0.108 e. The molecule has 1 N–H and O–H groups in total. The normalized spacial score (nSPS) is 16.3. The standard InChI is InChI=1S/C23H24N2S/c26-22(20-15-19-11-5-6-12-21(19)24-17-20)25-23(13-7-2-8-14-23)16-18-9-3-1-4-10-18/h1,3-6,9-12,15,17H,2,7-8,13-14,16H2,(H,25,26). The predicted octanol–water partition coefficient (Wildman–Crippen LogP) is 5.45. The lowest BCUT2D eigenvalue weighted by atomic mass is 9.77. The summed E-state index contributed by atoms with van der Waals surface area (Å²) in [6, 6.07) is 21.1. The predicted molar refractivity (Wildman–Crippen MR) is 113 cm³/mol. The second kappa shape index (κ2) is 7.55. The van der Waals surface area contributed by atoms with Crippen LogP contribution in [0.1, 0.15) is 43.2 Å². The molecule has 2 aromatic carbocycles. The highest BCUT2D eigenvalue weighted by atomic mass is 32.1. The molecule has 3 aromatic rings. The van der Waals surface area contributed by atoms with Gasteiger partial charge in [-0.3, -0.25) is 4.98 Å². The van der Waals surface area contributed by atoms with Crippen LogP contribution in [0.3, 0.4) is 0 Å². The number of thiocarbonyl (C=S) groups is 1. The lowest BCUT2D eigenvalue weighted by Crippen LogP contribution is -2.51. The SMILES string of the molecule is S=C(NC1(Cc2ccccc2)CCCCC1)c1cnc2ccccc2c1. The molecule has 0 atom stereocenters. The van der Waals surface area contributed by atoms with E-state index >= 15 is 0 Å². The van der Waals surface area contributed by atoms with Gasteiger partial charge in [0.15, 0.2) is 0 Å². The summed E-state index contributed by atoms with van der Waals surface area (Å²) in [7, 11) is 0. The van der Waals surface area contributed by atoms with Gasteiger partial charge >= 0.3 is 0 Å². The van der Waals surface area contributed by atoms with Crippen molar-refractivity contribution in [2.24, 2.45) is 0 Å². The molecule has 26 heavy (non-hydrogen) atoms. The number of hydrogen-bond donors (Lipinski definition) is 1. The van der Waals surface area contributed by atoms with Gasteiger partial charge in [0.25, 0.3) is 0 Å². The number of pyridine rings is 1. The number of hydrogen-bond acceptors (Lipinski definition) is 2. The molecule has 3 heteroatoms. The third-order valence-corrected chi connectivity index (χ3v) is 5.77. The van der Waals surface area contributed by atoms with Gasteiger partial charge in [-0.15, -0.1) is 0 Å². The molecule has 1 fully saturated rings. The van der Waals surface area contributed by atoms with Crippen LogP contribution in [0.25, 0.3) is 10.9 Å². The first-order chi connectivity index (χ1) is 12.7. The van der Waals surface area contributed by atoms with Gasteiger partial charge < -0.3 is 5.32 Å². The van der Waals surface area contributed by atoms with E-state index in [9.17, 15) is 0 Å². The van der Waals surface area contributed by atoms with Crippen molar-refractivity contribution in [3.63, 3.8) is 0 Å². The Kier molecular flexibility index (Phi) is 4.98. The highest BCUT2D eigenvalue weighted by Gasteiger charge is 2.33. The van der Waals surface area contributed by atoms with Gasteiger partial charge in [-0.25, -0.2) is 0 Å². The van der Waals surface area contributed by atoms with Crippen molar-refractivity contribution in [1.82, 2.24) is 10.3 Å². The monoisotopic (exact) mass is 360 g/mol. The van der Waals surface area contributed by atoms with Crippen molar-refractivity contribution < 1.29 is 0 Å². The van der Waals surface area contributed by atoms with Crippen LogP contribution in [0.2, 0.25) is 0 Å². The van der Waals surface area contributed by atoms with Crippen LogP contribution in [-0.2, 0) is 6.42 Å². The number of para-hydroxylation sites is 1. The first kappa shape index (κ1) is 17.2. The summed E-state index contributed by atoms with van der Waals surface area (Å²) >= 11 is 5.80. The van der Waals surface area contributed by atoms with Crippen LogP contribution >= 0.6 is 12.2 Å². The molecule has 0 spiro atoms. The van der Waals surface area contributed by atoms with Crippen LogP contribution in [0, 0.1) is 0 Å². The average molecular weight is 361 g/mol. The quantitative estimate of drug-likeness (QED) is 0.627. The molecule has 4 rings (SSSR count). The number of rotatable bonds is 4. The first-order valence-electron chi connectivity index (χ1n) is 9.45. The lowest BCUT2D eigenvalue weighted by Gasteiger charge is -2.39. The van der Waals surface area contributed by atoms with Crippen LogP contribution in [0.15, 0.2) is 66.9 Å². The number of nitrogens with one attached hydrogen (secondary N) is 1. The molecule has 0 saturated heterocycles. The lowest BCUT2D eigenvalue weighted by molar-refractivity contribution is 0.265. The Hall–Kier alpha value is -2.26. The van der Waals surface area contributed by atoms with Crippen LogP contribution < -0.4 is 5.32 Å². The zero-order valence-corrected chi connectivity index (χ0v) is 15.8. The maximum absolute atomic E-state index is 5.80. The van der Waals surface area contributed by atoms with Gasteiger partial charge in [-0.2, -0.15) is 0 Å². The Morgan fingerprint density at radius 1 is 0.962 bits per heavy atom. The summed E-state index contributed by atoms with van der Waals surface area (Å²) in [5.74, 6) is 0. The second-order valence-corrected chi connectivity index (χ2v) is 7.78. The molecular formula is C23H24N2S. The zero-order valence-electron chi connectivity index (χ0n) is 14.9. The van der Waals surface area contributed by atoms with Crippen molar-refractivity contribution in [1.29, 1.82) is 0 Å². The van der Waals surface area contributed by atoms with Crippen LogP contribution in [0.5, 0.6) is 0 Å². The van der Waals surface area contributed by atoms with E-state index in [0.29, 0.717) is 0 Å². The van der Waals surface area contributed by atoms with Crippen molar-refractivity contribution in [3.05, 3.63) is 78.0 Å². The largest absolute Gasteiger partial charge is 0.370 e. The summed E-state index contributed by atoms with van der Waals surface area (Å²) in [5.41, 5.74) is 3.45. The summed E-state index contributed by atoms with van der Waals surface area (Å²) in [6.45, 7) is 0. The summed E-state index contributed by atoms with van der Waals surface area (Å²) in [4.78, 5) is 5.39. The molecule has 2 nitrogen and oxygen atoms in total. The topological polar surface area (TPSA) is 24.9 Å². The Morgan fingerprint density at radius 3 is 2.50 bits per heavy atom. The maximum atomic E-state index is 5.80. The van der Waals surface area contributed by atoms with E-state index in [-0.39, 0.29) is 5.54 Å². The number of fused-ring (bicyclic) bond motifs is 1. The van der Waals surface area contributed by atoms with E-state index in [1.54, 1.807) is 0 Å². The highest BCUT2D eigenvalue weighted by molar-refractivity contribution is 7.80. The maximum Gasteiger partial charge on any atom is 0.108 e. The molecule has 0 amide bonds. The molecule has 0 bridgehead atoms. The van der Waals surface area contributed by atoms with Gasteiger partial charge in [-0.1, -0.05) is 80.0 Å². The Bertz CT molecular complexity index is 898. The van der Waals surface area contributed by atoms with E-state index in [4.69, 9.17) is 12.2 Å². The Labute approximate surface area is 160 Å². The first-order valence-corrected chi connectivity index (χ1v) is 9.86. The molecule has 132 valence electrons. The average Bonchev–Trinajstić information content (AvgIpc) is 2.69. The van der Waals surface area contributed by atoms with E-state index in [2.05, 4.69) is 52.8 Å². The number of aromatic nitrogens is 1. The summed E-state index contributed by atoms with van der Waals surface area (Å²) in [6.07, 6.45) is 9.11. The van der Waals surface area contributed by atoms with Crippen molar-refractivity contribution in [2.75, 3.05) is 0 Å². The highest BCUT2D eigenvalue weighted by Crippen LogP contribution is 2.32. The molecule has 1 heterocycles. The molecule has 1 aliphatic carbocycles. The zero-order chi connectivity index (χ0) is 17.8. The fourth-order valence-corrected chi connectivity index (χ4v) is 4.40. The van der Waals surface area contributed by atoms with Gasteiger partial charge in [0, 0.05) is 22.7 Å². The summed E-state index contributed by atoms with van der Waals surface area (Å²) in [5, 5.41) is 4.89. The minimum atomic E-state index is 0.0579. The van der Waals surface area contributed by atoms with E-state index in [1.165, 1.54) is 37.7 Å². The molecule has 1 aliphatic rings. The van der Waals surface area contributed by atoms with E-state index in [1.807, 2.05) is 24.4 Å². The van der Waals surface area contributed by atoms with Crippen LogP contribution in [-0.4, -0.2) is 15.5 Å². The number of nitrogens with zero attached hydrogens (tertiary/aromatic N) is 1. The third kappa shape index (κ3) is 3.78. The molecule has 0 radical (unpaired) electrons. The second-order valence-electron chi connectivity index (χ2n) is 7.37. The van der Waals surface area contributed by atoms with Crippen LogP contribution in [0.4, 0.5) is 0 Å². The molecule has 1 aromatic heterocycles.